The summed E-state index contributed by atoms with van der Waals surface area (Å²) < 4.78 is 5.50. The third-order valence-corrected chi connectivity index (χ3v) is 3.30. The summed E-state index contributed by atoms with van der Waals surface area (Å²) in [7, 11) is 0. The van der Waals surface area contributed by atoms with E-state index in [1.807, 2.05) is 0 Å². The van der Waals surface area contributed by atoms with Crippen molar-refractivity contribution in [1.82, 2.24) is 10.2 Å². The summed E-state index contributed by atoms with van der Waals surface area (Å²) >= 11 is 0. The summed E-state index contributed by atoms with van der Waals surface area (Å²) in [5.41, 5.74) is 0.204. The number of hydrogen-bond donors (Lipinski definition) is 1. The first kappa shape index (κ1) is 12.9. The van der Waals surface area contributed by atoms with Crippen LogP contribution in [0.3, 0.4) is 0 Å². The molecule has 1 fully saturated rings. The normalized spacial score (nSPS) is 24.0. The zero-order chi connectivity index (χ0) is 11.3. The second kappa shape index (κ2) is 5.83. The maximum absolute atomic E-state index is 5.50. The molecule has 0 aromatic rings. The van der Waals surface area contributed by atoms with Crippen molar-refractivity contribution in [3.8, 4) is 0 Å². The average Bonchev–Trinajstić information content (AvgIpc) is 2.20. The summed E-state index contributed by atoms with van der Waals surface area (Å²) in [6.45, 7) is 14.0. The predicted molar refractivity (Wildman–Crippen MR) is 64.2 cm³/mol. The van der Waals surface area contributed by atoms with E-state index in [1.165, 1.54) is 6.42 Å². The highest BCUT2D eigenvalue weighted by Crippen LogP contribution is 2.17. The fourth-order valence-corrected chi connectivity index (χ4v) is 1.90. The van der Waals surface area contributed by atoms with Crippen LogP contribution in [0.4, 0.5) is 0 Å². The lowest BCUT2D eigenvalue weighted by molar-refractivity contribution is -0.0502. The second-order valence-corrected chi connectivity index (χ2v) is 5.12. The Morgan fingerprint density at radius 3 is 2.80 bits per heavy atom. The molecule has 0 radical (unpaired) electrons. The minimum Gasteiger partial charge on any atom is -0.378 e. The van der Waals surface area contributed by atoms with Crippen LogP contribution in [0.15, 0.2) is 0 Å². The van der Waals surface area contributed by atoms with Gasteiger partial charge in [-0.3, -0.25) is 4.90 Å². The Morgan fingerprint density at radius 1 is 1.47 bits per heavy atom. The first-order valence-corrected chi connectivity index (χ1v) is 6.12. The molecule has 0 amide bonds. The Labute approximate surface area is 94.2 Å². The topological polar surface area (TPSA) is 24.5 Å². The Morgan fingerprint density at radius 2 is 2.20 bits per heavy atom. The fourth-order valence-electron chi connectivity index (χ4n) is 1.90. The van der Waals surface area contributed by atoms with Gasteiger partial charge >= 0.3 is 0 Å². The molecule has 0 spiro atoms. The molecule has 0 aromatic heterocycles. The second-order valence-electron chi connectivity index (χ2n) is 5.12. The van der Waals surface area contributed by atoms with Crippen LogP contribution in [-0.2, 0) is 4.74 Å². The Hall–Kier alpha value is -0.120. The van der Waals surface area contributed by atoms with Gasteiger partial charge in [-0.05, 0) is 27.2 Å². The molecule has 3 heteroatoms. The quantitative estimate of drug-likeness (QED) is 0.750. The molecule has 1 unspecified atom stereocenters. The van der Waals surface area contributed by atoms with E-state index >= 15 is 0 Å². The van der Waals surface area contributed by atoms with E-state index in [0.717, 1.165) is 32.8 Å². The van der Waals surface area contributed by atoms with E-state index in [9.17, 15) is 0 Å². The van der Waals surface area contributed by atoms with E-state index in [2.05, 4.69) is 37.9 Å². The zero-order valence-corrected chi connectivity index (χ0v) is 10.7. The first-order valence-electron chi connectivity index (χ1n) is 6.12. The molecule has 0 bridgehead atoms. The zero-order valence-electron chi connectivity index (χ0n) is 10.7. The summed E-state index contributed by atoms with van der Waals surface area (Å²) in [4.78, 5) is 2.52. The molecule has 1 saturated heterocycles. The Balaban J connectivity index is 2.24. The van der Waals surface area contributed by atoms with Gasteiger partial charge in [0.15, 0.2) is 0 Å². The highest BCUT2D eigenvalue weighted by molar-refractivity contribution is 4.84. The fraction of sp³-hybridized carbons (Fsp3) is 1.00. The molecule has 0 aliphatic carbocycles. The molecule has 1 N–H and O–H groups in total. The number of nitrogens with one attached hydrogen (secondary N) is 1. The van der Waals surface area contributed by atoms with E-state index in [-0.39, 0.29) is 5.54 Å². The molecule has 90 valence electrons. The van der Waals surface area contributed by atoms with Gasteiger partial charge in [-0.25, -0.2) is 0 Å². The third kappa shape index (κ3) is 4.09. The van der Waals surface area contributed by atoms with Gasteiger partial charge in [-0.15, -0.1) is 0 Å². The van der Waals surface area contributed by atoms with Gasteiger partial charge in [-0.2, -0.15) is 0 Å². The average molecular weight is 214 g/mol. The van der Waals surface area contributed by atoms with E-state index < -0.39 is 0 Å². The molecular formula is C12H26N2O. The highest BCUT2D eigenvalue weighted by atomic mass is 16.5. The highest BCUT2D eigenvalue weighted by Gasteiger charge is 2.29. The number of rotatable bonds is 5. The van der Waals surface area contributed by atoms with Crippen LogP contribution in [-0.4, -0.2) is 49.3 Å². The van der Waals surface area contributed by atoms with Crippen molar-refractivity contribution in [2.75, 3.05) is 32.8 Å². The molecule has 1 heterocycles. The van der Waals surface area contributed by atoms with Gasteiger partial charge in [0.2, 0.25) is 0 Å². The SMILES string of the molecule is CCC(C)NCCN1CCOCC1(C)C. The van der Waals surface area contributed by atoms with Gasteiger partial charge in [0.1, 0.15) is 0 Å². The molecule has 1 aliphatic rings. The molecular weight excluding hydrogens is 188 g/mol. The van der Waals surface area contributed by atoms with E-state index in [1.54, 1.807) is 0 Å². The largest absolute Gasteiger partial charge is 0.378 e. The van der Waals surface area contributed by atoms with Crippen molar-refractivity contribution in [3.05, 3.63) is 0 Å². The Bertz CT molecular complexity index is 182. The van der Waals surface area contributed by atoms with Gasteiger partial charge in [-0.1, -0.05) is 6.92 Å². The summed E-state index contributed by atoms with van der Waals surface area (Å²) in [5.74, 6) is 0. The number of morpholine rings is 1. The lowest BCUT2D eigenvalue weighted by Crippen LogP contribution is -2.54. The number of hydrogen-bond acceptors (Lipinski definition) is 3. The smallest absolute Gasteiger partial charge is 0.0645 e. The van der Waals surface area contributed by atoms with Gasteiger partial charge in [0.25, 0.3) is 0 Å². The van der Waals surface area contributed by atoms with Crippen molar-refractivity contribution in [3.63, 3.8) is 0 Å². The van der Waals surface area contributed by atoms with E-state index in [0.29, 0.717) is 6.04 Å². The monoisotopic (exact) mass is 214 g/mol. The number of ether oxygens (including phenoxy) is 1. The maximum atomic E-state index is 5.50. The molecule has 1 aliphatic heterocycles. The van der Waals surface area contributed by atoms with Gasteiger partial charge in [0, 0.05) is 31.2 Å². The molecule has 0 saturated carbocycles. The van der Waals surface area contributed by atoms with Crippen LogP contribution in [0.25, 0.3) is 0 Å². The van der Waals surface area contributed by atoms with Crippen LogP contribution in [0, 0.1) is 0 Å². The van der Waals surface area contributed by atoms with Crippen LogP contribution >= 0.6 is 0 Å². The minimum atomic E-state index is 0.204. The summed E-state index contributed by atoms with van der Waals surface area (Å²) in [6, 6.07) is 0.633. The molecule has 15 heavy (non-hydrogen) atoms. The maximum Gasteiger partial charge on any atom is 0.0645 e. The van der Waals surface area contributed by atoms with Gasteiger partial charge in [0.05, 0.1) is 13.2 Å². The lowest BCUT2D eigenvalue weighted by Gasteiger charge is -2.42. The van der Waals surface area contributed by atoms with Crippen LogP contribution in [0.2, 0.25) is 0 Å². The standard InChI is InChI=1S/C12H26N2O/c1-5-11(2)13-6-7-14-8-9-15-10-12(14,3)4/h11,13H,5-10H2,1-4H3. The minimum absolute atomic E-state index is 0.204. The Kier molecular flexibility index (Phi) is 5.03. The summed E-state index contributed by atoms with van der Waals surface area (Å²) in [5, 5.41) is 3.53. The molecule has 1 rings (SSSR count). The molecule has 1 atom stereocenters. The third-order valence-electron chi connectivity index (χ3n) is 3.30. The lowest BCUT2D eigenvalue weighted by atomic mass is 10.0. The predicted octanol–water partition coefficient (Wildman–Crippen LogP) is 1.49. The van der Waals surface area contributed by atoms with Gasteiger partial charge < -0.3 is 10.1 Å². The summed E-state index contributed by atoms with van der Waals surface area (Å²) in [6.07, 6.45) is 1.20. The van der Waals surface area contributed by atoms with Crippen molar-refractivity contribution < 1.29 is 4.74 Å². The van der Waals surface area contributed by atoms with Crippen LogP contribution in [0.1, 0.15) is 34.1 Å². The number of nitrogens with zero attached hydrogens (tertiary/aromatic N) is 1. The van der Waals surface area contributed by atoms with E-state index in [4.69, 9.17) is 4.74 Å². The molecule has 3 nitrogen and oxygen atoms in total. The molecule has 0 aromatic carbocycles. The van der Waals surface area contributed by atoms with Crippen molar-refractivity contribution in [2.24, 2.45) is 0 Å². The van der Waals surface area contributed by atoms with Crippen molar-refractivity contribution in [2.45, 2.75) is 45.7 Å². The van der Waals surface area contributed by atoms with Crippen LogP contribution in [0.5, 0.6) is 0 Å². The van der Waals surface area contributed by atoms with Crippen molar-refractivity contribution >= 4 is 0 Å². The first-order chi connectivity index (χ1) is 7.06. The van der Waals surface area contributed by atoms with Crippen LogP contribution < -0.4 is 5.32 Å². The van der Waals surface area contributed by atoms with Crippen molar-refractivity contribution in [1.29, 1.82) is 0 Å².